The van der Waals surface area contributed by atoms with Gasteiger partial charge < -0.3 is 14.4 Å². The number of hydrogen-bond donors (Lipinski definition) is 0. The summed E-state index contributed by atoms with van der Waals surface area (Å²) >= 11 is 0. The van der Waals surface area contributed by atoms with Crippen LogP contribution in [-0.4, -0.2) is 43.8 Å². The summed E-state index contributed by atoms with van der Waals surface area (Å²) in [5.41, 5.74) is 0. The van der Waals surface area contributed by atoms with Gasteiger partial charge in [0.2, 0.25) is 0 Å². The van der Waals surface area contributed by atoms with Crippen LogP contribution in [0, 0.1) is 17.8 Å². The fraction of sp³-hybridized carbons (Fsp3) is 0.714. The van der Waals surface area contributed by atoms with Crippen LogP contribution in [0.2, 0.25) is 0 Å². The van der Waals surface area contributed by atoms with E-state index in [2.05, 4.69) is 0 Å². The van der Waals surface area contributed by atoms with E-state index in [4.69, 9.17) is 9.47 Å². The van der Waals surface area contributed by atoms with Crippen LogP contribution in [0.15, 0.2) is 12.2 Å². The van der Waals surface area contributed by atoms with E-state index in [1.165, 1.54) is 14.2 Å². The van der Waals surface area contributed by atoms with Gasteiger partial charge in [0, 0.05) is 6.54 Å². The van der Waals surface area contributed by atoms with E-state index >= 15 is 0 Å². The predicted octanol–water partition coefficient (Wildman–Crippen LogP) is 1.83. The maximum absolute atomic E-state index is 12.0. The summed E-state index contributed by atoms with van der Waals surface area (Å²) in [7, 11) is 2.81. The molecule has 5 heteroatoms. The summed E-state index contributed by atoms with van der Waals surface area (Å²) in [4.78, 5) is 25.5. The molecule has 4 atom stereocenters. The normalized spacial score (nSPS) is 33.5. The van der Waals surface area contributed by atoms with Crippen LogP contribution < -0.4 is 0 Å². The quantitative estimate of drug-likeness (QED) is 0.537. The fourth-order valence-corrected chi connectivity index (χ4v) is 3.34. The minimum absolute atomic E-state index is 0.0542. The number of nitrogens with zero attached hydrogens (tertiary/aromatic N) is 1. The van der Waals surface area contributed by atoms with Crippen molar-refractivity contribution in [3.05, 3.63) is 12.2 Å². The van der Waals surface area contributed by atoms with Crippen molar-refractivity contribution < 1.29 is 19.1 Å². The maximum Gasteiger partial charge on any atom is 0.409 e. The van der Waals surface area contributed by atoms with Gasteiger partial charge in [-0.15, -0.1) is 0 Å². The van der Waals surface area contributed by atoms with E-state index in [1.807, 2.05) is 19.1 Å². The van der Waals surface area contributed by atoms with Gasteiger partial charge in [-0.2, -0.15) is 0 Å². The van der Waals surface area contributed by atoms with E-state index in [0.29, 0.717) is 6.54 Å². The van der Waals surface area contributed by atoms with Crippen LogP contribution in [-0.2, 0) is 14.3 Å². The second-order valence-corrected chi connectivity index (χ2v) is 5.25. The fourth-order valence-electron chi connectivity index (χ4n) is 3.34. The highest BCUT2D eigenvalue weighted by atomic mass is 16.5. The third kappa shape index (κ3) is 2.46. The summed E-state index contributed by atoms with van der Waals surface area (Å²) in [5, 5.41) is 0. The molecule has 0 unspecified atom stereocenters. The van der Waals surface area contributed by atoms with Gasteiger partial charge in [0.15, 0.2) is 0 Å². The van der Waals surface area contributed by atoms with Crippen LogP contribution in [0.4, 0.5) is 4.79 Å². The molecule has 106 valence electrons. The molecule has 5 nitrogen and oxygen atoms in total. The van der Waals surface area contributed by atoms with Crippen LogP contribution in [0.3, 0.4) is 0 Å². The SMILES string of the molecule is COC(=O)[C@H]1[C@@H]2CCCN(C(=O)OC)[C@@H]2C=C[C@@H]1C. The van der Waals surface area contributed by atoms with Crippen molar-refractivity contribution in [1.29, 1.82) is 0 Å². The molecule has 0 saturated carbocycles. The molecule has 0 spiro atoms. The van der Waals surface area contributed by atoms with Gasteiger partial charge in [0.25, 0.3) is 0 Å². The highest BCUT2D eigenvalue weighted by Crippen LogP contribution is 2.39. The number of allylic oxidation sites excluding steroid dienone is 1. The number of amides is 1. The second kappa shape index (κ2) is 5.63. The van der Waals surface area contributed by atoms with Crippen molar-refractivity contribution in [3.8, 4) is 0 Å². The molecule has 0 N–H and O–H groups in total. The minimum Gasteiger partial charge on any atom is -0.469 e. The molecule has 1 amide bonds. The lowest BCUT2D eigenvalue weighted by Gasteiger charge is -2.45. The molecule has 19 heavy (non-hydrogen) atoms. The number of likely N-dealkylation sites (tertiary alicyclic amines) is 1. The summed E-state index contributed by atoms with van der Waals surface area (Å²) in [5.74, 6) is -0.0855. The first-order chi connectivity index (χ1) is 9.10. The van der Waals surface area contributed by atoms with Gasteiger partial charge in [0.05, 0.1) is 26.2 Å². The molecular formula is C14H21NO4. The van der Waals surface area contributed by atoms with Gasteiger partial charge in [-0.3, -0.25) is 4.79 Å². The van der Waals surface area contributed by atoms with Gasteiger partial charge in [0.1, 0.15) is 0 Å². The third-order valence-corrected chi connectivity index (χ3v) is 4.26. The van der Waals surface area contributed by atoms with Gasteiger partial charge >= 0.3 is 12.1 Å². The number of hydrogen-bond acceptors (Lipinski definition) is 4. The average Bonchev–Trinajstić information content (AvgIpc) is 2.44. The molecule has 1 saturated heterocycles. The van der Waals surface area contributed by atoms with E-state index in [0.717, 1.165) is 12.8 Å². The predicted molar refractivity (Wildman–Crippen MR) is 69.4 cm³/mol. The van der Waals surface area contributed by atoms with Crippen molar-refractivity contribution in [2.75, 3.05) is 20.8 Å². The molecule has 1 heterocycles. The molecule has 0 bridgehead atoms. The number of fused-ring (bicyclic) bond motifs is 1. The lowest BCUT2D eigenvalue weighted by Crippen LogP contribution is -2.53. The van der Waals surface area contributed by atoms with E-state index in [-0.39, 0.29) is 35.9 Å². The van der Waals surface area contributed by atoms with Crippen molar-refractivity contribution in [2.24, 2.45) is 17.8 Å². The highest BCUT2D eigenvalue weighted by molar-refractivity contribution is 5.74. The average molecular weight is 267 g/mol. The van der Waals surface area contributed by atoms with E-state index in [9.17, 15) is 9.59 Å². The van der Waals surface area contributed by atoms with Crippen LogP contribution in [0.1, 0.15) is 19.8 Å². The Bertz CT molecular complexity index is 393. The first kappa shape index (κ1) is 13.9. The first-order valence-corrected chi connectivity index (χ1v) is 6.71. The third-order valence-electron chi connectivity index (χ3n) is 4.26. The smallest absolute Gasteiger partial charge is 0.409 e. The molecule has 1 aliphatic heterocycles. The van der Waals surface area contributed by atoms with Gasteiger partial charge in [-0.05, 0) is 24.7 Å². The lowest BCUT2D eigenvalue weighted by atomic mass is 9.70. The number of methoxy groups -OCH3 is 2. The number of rotatable bonds is 1. The molecule has 2 aliphatic rings. The summed E-state index contributed by atoms with van der Waals surface area (Å²) in [6.07, 6.45) is 5.55. The van der Waals surface area contributed by atoms with Crippen LogP contribution in [0.25, 0.3) is 0 Å². The minimum atomic E-state index is -0.322. The molecule has 0 aromatic carbocycles. The van der Waals surface area contributed by atoms with Crippen molar-refractivity contribution in [2.45, 2.75) is 25.8 Å². The highest BCUT2D eigenvalue weighted by Gasteiger charge is 2.44. The molecule has 1 aliphatic carbocycles. The zero-order chi connectivity index (χ0) is 14.0. The number of carbonyl (C=O) groups excluding carboxylic acids is 2. The second-order valence-electron chi connectivity index (χ2n) is 5.25. The van der Waals surface area contributed by atoms with Crippen molar-refractivity contribution in [1.82, 2.24) is 4.90 Å². The first-order valence-electron chi connectivity index (χ1n) is 6.71. The summed E-state index contributed by atoms with van der Waals surface area (Å²) in [6, 6.07) is -0.0542. The maximum atomic E-state index is 12.0. The largest absolute Gasteiger partial charge is 0.469 e. The molecule has 1 fully saturated rings. The molecule has 0 radical (unpaired) electrons. The number of carbonyl (C=O) groups is 2. The van der Waals surface area contributed by atoms with Crippen LogP contribution in [0.5, 0.6) is 0 Å². The molecule has 2 rings (SSSR count). The monoisotopic (exact) mass is 267 g/mol. The number of esters is 1. The summed E-state index contributed by atoms with van der Waals surface area (Å²) < 4.78 is 9.75. The van der Waals surface area contributed by atoms with E-state index in [1.54, 1.807) is 4.90 Å². The van der Waals surface area contributed by atoms with E-state index < -0.39 is 0 Å². The standard InChI is InChI=1S/C14H21NO4/c1-9-6-7-11-10(12(9)13(16)18-2)5-4-8-15(11)14(17)19-3/h6-7,9-12H,4-5,8H2,1-3H3/t9-,10+,11+,12+/m0/s1. The molecular weight excluding hydrogens is 246 g/mol. The van der Waals surface area contributed by atoms with Gasteiger partial charge in [-0.25, -0.2) is 4.79 Å². The molecule has 0 aromatic rings. The number of ether oxygens (including phenoxy) is 2. The Kier molecular flexibility index (Phi) is 4.12. The Morgan fingerprint density at radius 2 is 1.95 bits per heavy atom. The summed E-state index contributed by atoms with van der Waals surface area (Å²) in [6.45, 7) is 2.70. The zero-order valence-corrected chi connectivity index (χ0v) is 11.7. The Balaban J connectivity index is 2.26. The zero-order valence-electron chi connectivity index (χ0n) is 11.7. The number of piperidine rings is 1. The lowest BCUT2D eigenvalue weighted by molar-refractivity contribution is -0.150. The Morgan fingerprint density at radius 3 is 2.58 bits per heavy atom. The Morgan fingerprint density at radius 1 is 1.21 bits per heavy atom. The molecule has 0 aromatic heterocycles. The van der Waals surface area contributed by atoms with Gasteiger partial charge in [-0.1, -0.05) is 19.1 Å². The Hall–Kier alpha value is -1.52. The topological polar surface area (TPSA) is 55.8 Å². The Labute approximate surface area is 113 Å². The van der Waals surface area contributed by atoms with Crippen LogP contribution >= 0.6 is 0 Å². The van der Waals surface area contributed by atoms with Crippen molar-refractivity contribution in [3.63, 3.8) is 0 Å². The van der Waals surface area contributed by atoms with Crippen molar-refractivity contribution >= 4 is 12.1 Å².